The fourth-order valence-electron chi connectivity index (χ4n) is 1.84. The summed E-state index contributed by atoms with van der Waals surface area (Å²) in [5, 5.41) is 18.6. The smallest absolute Gasteiger partial charge is 0.157 e. The summed E-state index contributed by atoms with van der Waals surface area (Å²) in [5.74, 6) is -0.348. The van der Waals surface area contributed by atoms with Crippen LogP contribution in [0.2, 0.25) is 0 Å². The maximum atomic E-state index is 11.8. The van der Waals surface area contributed by atoms with Gasteiger partial charge < -0.3 is 10.2 Å². The number of hydrogen-bond acceptors (Lipinski definition) is 3. The molecule has 0 aliphatic heterocycles. The van der Waals surface area contributed by atoms with E-state index in [4.69, 9.17) is 0 Å². The molecule has 3 nitrogen and oxygen atoms in total. The Labute approximate surface area is 131 Å². The molecule has 108 valence electrons. The number of carbonyl (C=O) groups is 1. The van der Waals surface area contributed by atoms with Crippen LogP contribution in [0.25, 0.3) is 6.08 Å². The Hall–Kier alpha value is -2.07. The molecule has 0 saturated carbocycles. The van der Waals surface area contributed by atoms with E-state index >= 15 is 0 Å². The number of phenols is 2. The molecule has 0 heterocycles. The van der Waals surface area contributed by atoms with E-state index in [1.54, 1.807) is 12.1 Å². The second kappa shape index (κ2) is 7.09. The van der Waals surface area contributed by atoms with Crippen molar-refractivity contribution in [3.63, 3.8) is 0 Å². The van der Waals surface area contributed by atoms with E-state index in [1.165, 1.54) is 18.2 Å². The van der Waals surface area contributed by atoms with Crippen LogP contribution in [-0.4, -0.2) is 16.0 Å². The number of rotatable bonds is 5. The normalized spacial score (nSPS) is 10.9. The van der Waals surface area contributed by atoms with Crippen LogP contribution >= 0.6 is 15.9 Å². The Kier molecular flexibility index (Phi) is 5.17. The van der Waals surface area contributed by atoms with Crippen LogP contribution in [0.15, 0.2) is 53.0 Å². The van der Waals surface area contributed by atoms with Crippen LogP contribution in [0, 0.1) is 0 Å². The molecule has 0 bridgehead atoms. The van der Waals surface area contributed by atoms with E-state index in [-0.39, 0.29) is 17.3 Å². The highest BCUT2D eigenvalue weighted by Crippen LogP contribution is 2.25. The molecule has 0 spiro atoms. The van der Waals surface area contributed by atoms with Crippen molar-refractivity contribution in [3.05, 3.63) is 64.1 Å². The lowest BCUT2D eigenvalue weighted by Crippen LogP contribution is -1.95. The zero-order chi connectivity index (χ0) is 15.2. The molecule has 0 radical (unpaired) electrons. The summed E-state index contributed by atoms with van der Waals surface area (Å²) in [7, 11) is 0. The summed E-state index contributed by atoms with van der Waals surface area (Å²) in [4.78, 5) is 11.8. The molecule has 0 aliphatic rings. The average Bonchev–Trinajstić information content (AvgIpc) is 2.48. The highest BCUT2D eigenvalue weighted by Gasteiger charge is 2.01. The van der Waals surface area contributed by atoms with Gasteiger partial charge in [-0.05, 0) is 47.9 Å². The fourth-order valence-corrected chi connectivity index (χ4v) is 2.10. The van der Waals surface area contributed by atoms with Gasteiger partial charge >= 0.3 is 0 Å². The zero-order valence-corrected chi connectivity index (χ0v) is 12.9. The Morgan fingerprint density at radius 2 is 1.76 bits per heavy atom. The minimum atomic E-state index is -0.195. The molecule has 2 aromatic carbocycles. The fraction of sp³-hybridized carbons (Fsp3) is 0.118. The van der Waals surface area contributed by atoms with Crippen molar-refractivity contribution < 1.29 is 15.0 Å². The molecule has 0 fully saturated rings. The molecule has 2 N–H and O–H groups in total. The van der Waals surface area contributed by atoms with Crippen LogP contribution < -0.4 is 0 Å². The van der Waals surface area contributed by atoms with Gasteiger partial charge in [0.1, 0.15) is 0 Å². The lowest BCUT2D eigenvalue weighted by molar-refractivity contribution is -0.114. The number of hydrogen-bond donors (Lipinski definition) is 2. The lowest BCUT2D eigenvalue weighted by atomic mass is 10.1. The molecule has 4 heteroatoms. The number of phenolic OH excluding ortho intramolecular Hbond substituents is 2. The number of benzene rings is 2. The van der Waals surface area contributed by atoms with Crippen molar-refractivity contribution in [2.24, 2.45) is 0 Å². The SMILES string of the molecule is O=C(/C=C/c1ccc(O)c(O)c1)CCc1ccc(Br)cc1. The largest absolute Gasteiger partial charge is 0.504 e. The number of carbonyl (C=O) groups excluding carboxylic acids is 1. The average molecular weight is 347 g/mol. The quantitative estimate of drug-likeness (QED) is 0.633. The standard InChI is InChI=1S/C17H15BrO3/c18-14-6-1-12(2-7-14)3-8-15(19)9-4-13-5-10-16(20)17(21)11-13/h1-2,4-7,9-11,20-21H,3,8H2/b9-4+. The summed E-state index contributed by atoms with van der Waals surface area (Å²) in [6.45, 7) is 0. The molecule has 0 atom stereocenters. The van der Waals surface area contributed by atoms with Crippen molar-refractivity contribution in [1.82, 2.24) is 0 Å². The number of halogens is 1. The second-order valence-corrected chi connectivity index (χ2v) is 5.59. The van der Waals surface area contributed by atoms with Gasteiger partial charge in [0, 0.05) is 10.9 Å². The van der Waals surface area contributed by atoms with E-state index in [1.807, 2.05) is 24.3 Å². The molecule has 2 rings (SSSR count). The number of allylic oxidation sites excluding steroid dienone is 1. The third-order valence-electron chi connectivity index (χ3n) is 3.03. The molecule has 0 saturated heterocycles. The van der Waals surface area contributed by atoms with Crippen molar-refractivity contribution in [1.29, 1.82) is 0 Å². The Balaban J connectivity index is 1.90. The van der Waals surface area contributed by atoms with Crippen LogP contribution in [0.4, 0.5) is 0 Å². The molecule has 0 aromatic heterocycles. The number of aryl methyl sites for hydroxylation is 1. The maximum Gasteiger partial charge on any atom is 0.157 e. The molecular formula is C17H15BrO3. The van der Waals surface area contributed by atoms with Crippen molar-refractivity contribution >= 4 is 27.8 Å². The van der Waals surface area contributed by atoms with Gasteiger partial charge in [-0.2, -0.15) is 0 Å². The highest BCUT2D eigenvalue weighted by atomic mass is 79.9. The summed E-state index contributed by atoms with van der Waals surface area (Å²) in [6, 6.07) is 12.3. The van der Waals surface area contributed by atoms with Crippen molar-refractivity contribution in [2.75, 3.05) is 0 Å². The van der Waals surface area contributed by atoms with Gasteiger partial charge in [-0.1, -0.05) is 40.2 Å². The third kappa shape index (κ3) is 4.76. The summed E-state index contributed by atoms with van der Waals surface area (Å²) in [6.07, 6.45) is 4.24. The number of aromatic hydroxyl groups is 2. The van der Waals surface area contributed by atoms with Gasteiger partial charge in [-0.25, -0.2) is 0 Å². The molecule has 0 amide bonds. The first-order valence-corrected chi connectivity index (χ1v) is 7.31. The Morgan fingerprint density at radius 1 is 1.05 bits per heavy atom. The lowest BCUT2D eigenvalue weighted by Gasteiger charge is -2.00. The second-order valence-electron chi connectivity index (χ2n) is 4.67. The molecule has 21 heavy (non-hydrogen) atoms. The van der Waals surface area contributed by atoms with Gasteiger partial charge in [0.2, 0.25) is 0 Å². The first-order valence-electron chi connectivity index (χ1n) is 6.52. The summed E-state index contributed by atoms with van der Waals surface area (Å²) < 4.78 is 1.02. The van der Waals surface area contributed by atoms with Crippen molar-refractivity contribution in [2.45, 2.75) is 12.8 Å². The Bertz CT molecular complexity index is 660. The van der Waals surface area contributed by atoms with Gasteiger partial charge in [0.05, 0.1) is 0 Å². The number of ketones is 1. The minimum Gasteiger partial charge on any atom is -0.504 e. The van der Waals surface area contributed by atoms with Crippen LogP contribution in [0.5, 0.6) is 11.5 Å². The molecular weight excluding hydrogens is 332 g/mol. The van der Waals surface area contributed by atoms with E-state index in [0.29, 0.717) is 18.4 Å². The topological polar surface area (TPSA) is 57.5 Å². The van der Waals surface area contributed by atoms with Crippen LogP contribution in [0.3, 0.4) is 0 Å². The molecule has 2 aromatic rings. The van der Waals surface area contributed by atoms with Gasteiger partial charge in [-0.3, -0.25) is 4.79 Å². The first kappa shape index (κ1) is 15.3. The van der Waals surface area contributed by atoms with Gasteiger partial charge in [0.25, 0.3) is 0 Å². The summed E-state index contributed by atoms with van der Waals surface area (Å²) in [5.41, 5.74) is 1.78. The highest BCUT2D eigenvalue weighted by molar-refractivity contribution is 9.10. The van der Waals surface area contributed by atoms with E-state index in [2.05, 4.69) is 15.9 Å². The minimum absolute atomic E-state index is 0.0190. The van der Waals surface area contributed by atoms with E-state index in [0.717, 1.165) is 10.0 Å². The Morgan fingerprint density at radius 3 is 2.43 bits per heavy atom. The van der Waals surface area contributed by atoms with Crippen molar-refractivity contribution in [3.8, 4) is 11.5 Å². The zero-order valence-electron chi connectivity index (χ0n) is 11.3. The predicted molar refractivity (Wildman–Crippen MR) is 86.3 cm³/mol. The maximum absolute atomic E-state index is 11.8. The summed E-state index contributed by atoms with van der Waals surface area (Å²) >= 11 is 3.37. The third-order valence-corrected chi connectivity index (χ3v) is 3.56. The monoisotopic (exact) mass is 346 g/mol. The van der Waals surface area contributed by atoms with Crippen LogP contribution in [0.1, 0.15) is 17.5 Å². The van der Waals surface area contributed by atoms with E-state index < -0.39 is 0 Å². The molecule has 0 unspecified atom stereocenters. The predicted octanol–water partition coefficient (Wildman–Crippen LogP) is 4.08. The van der Waals surface area contributed by atoms with Crippen LogP contribution in [-0.2, 0) is 11.2 Å². The van der Waals surface area contributed by atoms with E-state index in [9.17, 15) is 15.0 Å². The first-order chi connectivity index (χ1) is 10.0. The van der Waals surface area contributed by atoms with Gasteiger partial charge in [-0.15, -0.1) is 0 Å². The van der Waals surface area contributed by atoms with Gasteiger partial charge in [0.15, 0.2) is 17.3 Å². The molecule has 0 aliphatic carbocycles.